The summed E-state index contributed by atoms with van der Waals surface area (Å²) >= 11 is 0. The predicted molar refractivity (Wildman–Crippen MR) is 82.8 cm³/mol. The molecule has 0 spiro atoms. The molecule has 4 nitrogen and oxygen atoms in total. The van der Waals surface area contributed by atoms with Crippen LogP contribution in [-0.2, 0) is 0 Å². The van der Waals surface area contributed by atoms with Gasteiger partial charge in [-0.05, 0) is 39.8 Å². The van der Waals surface area contributed by atoms with Crippen molar-refractivity contribution in [2.45, 2.75) is 39.9 Å². The fourth-order valence-corrected chi connectivity index (χ4v) is 2.95. The van der Waals surface area contributed by atoms with Crippen LogP contribution in [0.5, 0.6) is 0 Å². The molecule has 3 rings (SSSR count). The van der Waals surface area contributed by atoms with E-state index < -0.39 is 11.6 Å². The zero-order valence-corrected chi connectivity index (χ0v) is 13.0. The lowest BCUT2D eigenvalue weighted by Crippen LogP contribution is -2.38. The van der Waals surface area contributed by atoms with E-state index in [1.54, 1.807) is 13.0 Å². The van der Waals surface area contributed by atoms with Gasteiger partial charge in [0, 0.05) is 11.6 Å². The first-order valence-corrected chi connectivity index (χ1v) is 7.26. The summed E-state index contributed by atoms with van der Waals surface area (Å²) in [6.07, 6.45) is 1.10. The number of halogens is 2. The van der Waals surface area contributed by atoms with Gasteiger partial charge in [0.05, 0.1) is 23.7 Å². The quantitative estimate of drug-likeness (QED) is 0.918. The highest BCUT2D eigenvalue weighted by molar-refractivity contribution is 5.82. The Labute approximate surface area is 128 Å². The van der Waals surface area contributed by atoms with E-state index >= 15 is 0 Å². The number of hydrogen-bond donors (Lipinski definition) is 1. The summed E-state index contributed by atoms with van der Waals surface area (Å²) < 4.78 is 28.4. The Hall–Kier alpha value is -2.24. The lowest BCUT2D eigenvalue weighted by atomic mass is 10.1. The average molecular weight is 304 g/mol. The second kappa shape index (κ2) is 5.19. The molecular formula is C16H18F2N4. The molecule has 2 heterocycles. The maximum atomic E-state index is 14.4. The van der Waals surface area contributed by atoms with Crippen molar-refractivity contribution in [2.24, 2.45) is 0 Å². The fraction of sp³-hybridized carbons (Fsp3) is 0.375. The molecule has 0 amide bonds. The van der Waals surface area contributed by atoms with E-state index in [2.05, 4.69) is 20.2 Å². The van der Waals surface area contributed by atoms with Crippen molar-refractivity contribution in [3.8, 4) is 11.3 Å². The van der Waals surface area contributed by atoms with Crippen LogP contribution in [0, 0.1) is 18.6 Å². The van der Waals surface area contributed by atoms with Crippen molar-refractivity contribution < 1.29 is 8.78 Å². The van der Waals surface area contributed by atoms with Crippen LogP contribution in [0.25, 0.3) is 11.3 Å². The van der Waals surface area contributed by atoms with E-state index in [-0.39, 0.29) is 17.9 Å². The Balaban J connectivity index is 2.17. The topological polar surface area (TPSA) is 41.1 Å². The van der Waals surface area contributed by atoms with Gasteiger partial charge in [0.1, 0.15) is 17.3 Å². The lowest BCUT2D eigenvalue weighted by Gasteiger charge is -2.28. The van der Waals surface area contributed by atoms with Gasteiger partial charge in [-0.2, -0.15) is 0 Å². The molecule has 0 fully saturated rings. The number of aryl methyl sites for hydroxylation is 1. The molecule has 1 atom stereocenters. The number of rotatable bonds is 2. The molecule has 0 saturated heterocycles. The smallest absolute Gasteiger partial charge is 0.167 e. The van der Waals surface area contributed by atoms with E-state index in [0.29, 0.717) is 17.1 Å². The van der Waals surface area contributed by atoms with Crippen LogP contribution in [0.4, 0.5) is 20.2 Å². The second-order valence-electron chi connectivity index (χ2n) is 5.79. The van der Waals surface area contributed by atoms with Gasteiger partial charge in [0.15, 0.2) is 5.82 Å². The monoisotopic (exact) mass is 304 g/mol. The molecule has 22 heavy (non-hydrogen) atoms. The zero-order valence-electron chi connectivity index (χ0n) is 13.0. The highest BCUT2D eigenvalue weighted by Gasteiger charge is 2.30. The molecule has 1 aliphatic heterocycles. The largest absolute Gasteiger partial charge is 0.361 e. The number of nitrogens with one attached hydrogen (secondary N) is 1. The summed E-state index contributed by atoms with van der Waals surface area (Å²) in [5, 5.41) is 3.13. The number of nitrogens with zero attached hydrogens (tertiary/aromatic N) is 3. The van der Waals surface area contributed by atoms with Crippen LogP contribution in [0.3, 0.4) is 0 Å². The molecule has 0 radical (unpaired) electrons. The third kappa shape index (κ3) is 2.28. The first kappa shape index (κ1) is 14.7. The van der Waals surface area contributed by atoms with E-state index in [1.165, 1.54) is 6.07 Å². The molecule has 1 aromatic heterocycles. The Morgan fingerprint density at radius 2 is 1.95 bits per heavy atom. The molecule has 1 aliphatic rings. The summed E-state index contributed by atoms with van der Waals surface area (Å²) in [6.45, 7) is 7.71. The van der Waals surface area contributed by atoms with Gasteiger partial charge >= 0.3 is 0 Å². The van der Waals surface area contributed by atoms with Crippen LogP contribution in [0.1, 0.15) is 26.6 Å². The van der Waals surface area contributed by atoms with Crippen molar-refractivity contribution >= 4 is 11.4 Å². The maximum absolute atomic E-state index is 14.4. The summed E-state index contributed by atoms with van der Waals surface area (Å²) in [7, 11) is 0. The number of aromatic nitrogens is 2. The van der Waals surface area contributed by atoms with E-state index in [9.17, 15) is 8.78 Å². The molecule has 1 unspecified atom stereocenters. The molecule has 6 heteroatoms. The Morgan fingerprint density at radius 3 is 2.64 bits per heavy atom. The molecule has 116 valence electrons. The van der Waals surface area contributed by atoms with Gasteiger partial charge in [-0.15, -0.1) is 0 Å². The van der Waals surface area contributed by atoms with Crippen LogP contribution in [0.2, 0.25) is 0 Å². The van der Waals surface area contributed by atoms with Gasteiger partial charge in [-0.3, -0.25) is 0 Å². The highest BCUT2D eigenvalue weighted by atomic mass is 19.1. The summed E-state index contributed by atoms with van der Waals surface area (Å²) in [5.74, 6) is -0.511. The van der Waals surface area contributed by atoms with E-state index in [4.69, 9.17) is 0 Å². The summed E-state index contributed by atoms with van der Waals surface area (Å²) in [6, 6.07) is 3.28. The maximum Gasteiger partial charge on any atom is 0.167 e. The van der Waals surface area contributed by atoms with E-state index in [0.717, 1.165) is 11.9 Å². The Morgan fingerprint density at radius 1 is 1.23 bits per heavy atom. The highest BCUT2D eigenvalue weighted by Crippen LogP contribution is 2.41. The van der Waals surface area contributed by atoms with E-state index in [1.807, 2.05) is 20.8 Å². The summed E-state index contributed by atoms with van der Waals surface area (Å²) in [5.41, 5.74) is 1.72. The standard InChI is InChI=1S/C16H18F2N4/c1-8(2)22-10(4)21-16-12(17)5-11(6-14(16)22)15-13(18)7-19-9(3)20-15/h5-8,10,21H,1-4H3. The van der Waals surface area contributed by atoms with Crippen LogP contribution in [0.15, 0.2) is 18.3 Å². The second-order valence-corrected chi connectivity index (χ2v) is 5.79. The predicted octanol–water partition coefficient (Wildman–Crippen LogP) is 3.72. The number of fused-ring (bicyclic) bond motifs is 1. The minimum atomic E-state index is -0.556. The number of anilines is 2. The molecule has 0 saturated carbocycles. The van der Waals surface area contributed by atoms with Crippen molar-refractivity contribution in [3.63, 3.8) is 0 Å². The average Bonchev–Trinajstić information content (AvgIpc) is 2.78. The summed E-state index contributed by atoms with van der Waals surface area (Å²) in [4.78, 5) is 9.98. The number of benzene rings is 1. The van der Waals surface area contributed by atoms with Crippen molar-refractivity contribution in [3.05, 3.63) is 35.8 Å². The van der Waals surface area contributed by atoms with Crippen molar-refractivity contribution in [1.82, 2.24) is 9.97 Å². The first-order valence-electron chi connectivity index (χ1n) is 7.26. The normalized spacial score (nSPS) is 16.9. The fourth-order valence-electron chi connectivity index (χ4n) is 2.95. The number of hydrogen-bond acceptors (Lipinski definition) is 4. The Kier molecular flexibility index (Phi) is 3.47. The van der Waals surface area contributed by atoms with Crippen molar-refractivity contribution in [1.29, 1.82) is 0 Å². The van der Waals surface area contributed by atoms with Gasteiger partial charge in [0.2, 0.25) is 0 Å². The third-order valence-electron chi connectivity index (χ3n) is 3.81. The lowest BCUT2D eigenvalue weighted by molar-refractivity contribution is 0.614. The van der Waals surface area contributed by atoms with Gasteiger partial charge in [-0.1, -0.05) is 0 Å². The first-order chi connectivity index (χ1) is 10.4. The van der Waals surface area contributed by atoms with Crippen LogP contribution in [-0.4, -0.2) is 22.2 Å². The minimum Gasteiger partial charge on any atom is -0.361 e. The third-order valence-corrected chi connectivity index (χ3v) is 3.81. The molecular weight excluding hydrogens is 286 g/mol. The SMILES string of the molecule is Cc1ncc(F)c(-c2cc(F)c3c(c2)N(C(C)C)C(C)N3)n1. The molecule has 2 aromatic rings. The molecule has 1 N–H and O–H groups in total. The molecule has 0 aliphatic carbocycles. The zero-order chi connectivity index (χ0) is 16.0. The minimum absolute atomic E-state index is 0.0169. The molecule has 0 bridgehead atoms. The molecule has 1 aromatic carbocycles. The van der Waals surface area contributed by atoms with Crippen LogP contribution >= 0.6 is 0 Å². The van der Waals surface area contributed by atoms with Crippen molar-refractivity contribution in [2.75, 3.05) is 10.2 Å². The van der Waals surface area contributed by atoms with Gasteiger partial charge < -0.3 is 10.2 Å². The van der Waals surface area contributed by atoms with Crippen LogP contribution < -0.4 is 10.2 Å². The Bertz CT molecular complexity index is 730. The van der Waals surface area contributed by atoms with Gasteiger partial charge in [0.25, 0.3) is 0 Å². The van der Waals surface area contributed by atoms with Gasteiger partial charge in [-0.25, -0.2) is 18.7 Å².